The second-order valence-electron chi connectivity index (χ2n) is 15.7. The number of rotatable bonds is 5. The van der Waals surface area contributed by atoms with E-state index in [9.17, 15) is 35.4 Å². The molecule has 5 atom stereocenters. The normalized spacial score (nSPS) is 21.8. The lowest BCUT2D eigenvalue weighted by atomic mass is 9.72. The number of hydrogen-bond donors (Lipinski definition) is 6. The summed E-state index contributed by atoms with van der Waals surface area (Å²) in [6.45, 7) is 4.04. The highest BCUT2D eigenvalue weighted by molar-refractivity contribution is 8.76. The second kappa shape index (κ2) is 14.3. The molecule has 9 nitrogen and oxygen atoms in total. The molecule has 1 aliphatic carbocycles. The van der Waals surface area contributed by atoms with E-state index in [0.717, 1.165) is 33.2 Å². The zero-order chi connectivity index (χ0) is 39.0. The minimum atomic E-state index is -0.950. The van der Waals surface area contributed by atoms with E-state index in [0.29, 0.717) is 41.5 Å². The standard InChI is InChI=1S/C45H42O9S2/c1-21(2)14-24-17-26(18-25(39(24)49)15-22-6-3-8-27(46)16-22)43-42(52)41(51)38-34(54-43)20-32(48)37-28-12-11-23-7-4-9-29-35(23)36(28)30-19-33(53-44(37)38)31(47)10-5-13-55-56-45(29)40(30)50/h3-4,6-9,11-12,16-18,20-21,30-31,33,40,45-50,52H,5,10,13-15,19H2,1-2H3/t30-,31-,33+,40+,45-/m1/s1. The molecule has 6 N–H and O–H groups in total. The number of aliphatic hydroxyl groups is 2. The topological polar surface area (TPSA) is 161 Å². The summed E-state index contributed by atoms with van der Waals surface area (Å²) in [5.74, 6) is -0.390. The Kier molecular flexibility index (Phi) is 9.39. The number of hydrogen-bond acceptors (Lipinski definition) is 11. The molecule has 1 aromatic heterocycles. The molecular formula is C45H42O9S2. The average Bonchev–Trinajstić information content (AvgIpc) is 3.17. The van der Waals surface area contributed by atoms with E-state index in [2.05, 4.69) is 0 Å². The van der Waals surface area contributed by atoms with Gasteiger partial charge in [0.15, 0.2) is 5.76 Å². The first-order valence-corrected chi connectivity index (χ1v) is 21.4. The smallest absolute Gasteiger partial charge is 0.238 e. The highest BCUT2D eigenvalue weighted by Gasteiger charge is 2.44. The molecule has 1 fully saturated rings. The fraction of sp³-hybridized carbons (Fsp3) is 0.311. The Morgan fingerprint density at radius 3 is 2.50 bits per heavy atom. The van der Waals surface area contributed by atoms with E-state index < -0.39 is 35.4 Å². The second-order valence-corrected chi connectivity index (χ2v) is 18.3. The molecule has 2 aliphatic heterocycles. The number of benzene rings is 5. The summed E-state index contributed by atoms with van der Waals surface area (Å²) in [6, 6.07) is 21.4. The van der Waals surface area contributed by atoms with Gasteiger partial charge in [-0.1, -0.05) is 77.9 Å². The van der Waals surface area contributed by atoms with Crippen LogP contribution in [0.1, 0.15) is 72.1 Å². The van der Waals surface area contributed by atoms with E-state index in [-0.39, 0.29) is 69.3 Å². The molecule has 3 aliphatic rings. The van der Waals surface area contributed by atoms with Gasteiger partial charge in [0, 0.05) is 29.7 Å². The highest BCUT2D eigenvalue weighted by atomic mass is 33.1. The van der Waals surface area contributed by atoms with Crippen molar-refractivity contribution in [2.45, 2.75) is 75.4 Å². The van der Waals surface area contributed by atoms with E-state index in [1.54, 1.807) is 51.9 Å². The molecule has 6 aromatic rings. The lowest BCUT2D eigenvalue weighted by Gasteiger charge is -2.41. The molecule has 288 valence electrons. The van der Waals surface area contributed by atoms with Crippen LogP contribution in [0.3, 0.4) is 0 Å². The third kappa shape index (κ3) is 6.16. The van der Waals surface area contributed by atoms with Crippen molar-refractivity contribution >= 4 is 43.3 Å². The number of ether oxygens (including phenoxy) is 1. The van der Waals surface area contributed by atoms with Crippen LogP contribution < -0.4 is 10.2 Å². The van der Waals surface area contributed by atoms with Gasteiger partial charge >= 0.3 is 0 Å². The Labute approximate surface area is 331 Å². The molecule has 3 bridgehead atoms. The van der Waals surface area contributed by atoms with Crippen LogP contribution in [-0.2, 0) is 12.8 Å². The molecule has 1 saturated heterocycles. The Hall–Kier alpha value is -4.81. The Bertz CT molecular complexity index is 2600. The van der Waals surface area contributed by atoms with Crippen molar-refractivity contribution in [3.05, 3.63) is 111 Å². The molecule has 0 radical (unpaired) electrons. The van der Waals surface area contributed by atoms with Gasteiger partial charge in [0.05, 0.1) is 23.0 Å². The van der Waals surface area contributed by atoms with Crippen molar-refractivity contribution in [1.29, 1.82) is 0 Å². The SMILES string of the molecule is CC(C)Cc1cc(-c2oc3cc(O)c4c(c3c(=O)c2O)O[C@H]2C[C@@H]3c5c-4ccc4cccc(c54)[C@@H](SSCCC[C@H]2O)[C@H]3O)cc(Cc2cccc(O)c2)c1O. The van der Waals surface area contributed by atoms with Crippen LogP contribution in [0, 0.1) is 5.92 Å². The van der Waals surface area contributed by atoms with Gasteiger partial charge in [-0.25, -0.2) is 0 Å². The van der Waals surface area contributed by atoms with E-state index in [1.807, 2.05) is 50.2 Å². The molecule has 0 amide bonds. The first kappa shape index (κ1) is 36.8. The van der Waals surface area contributed by atoms with Gasteiger partial charge in [0.1, 0.15) is 40.1 Å². The maximum atomic E-state index is 14.6. The molecule has 9 rings (SSSR count). The van der Waals surface area contributed by atoms with Crippen LogP contribution in [-0.4, -0.2) is 54.7 Å². The van der Waals surface area contributed by atoms with Crippen LogP contribution in [0.4, 0.5) is 0 Å². The van der Waals surface area contributed by atoms with Gasteiger partial charge in [-0.05, 0) is 100 Å². The van der Waals surface area contributed by atoms with E-state index >= 15 is 0 Å². The number of aromatic hydroxyl groups is 4. The molecule has 56 heavy (non-hydrogen) atoms. The Morgan fingerprint density at radius 1 is 0.893 bits per heavy atom. The zero-order valence-corrected chi connectivity index (χ0v) is 32.5. The molecule has 0 saturated carbocycles. The molecule has 3 heterocycles. The monoisotopic (exact) mass is 790 g/mol. The number of phenolic OH excluding ortho intramolecular Hbond substituents is 3. The van der Waals surface area contributed by atoms with Crippen molar-refractivity contribution in [3.63, 3.8) is 0 Å². The van der Waals surface area contributed by atoms with Crippen LogP contribution in [0.2, 0.25) is 0 Å². The molecule has 0 spiro atoms. The summed E-state index contributed by atoms with van der Waals surface area (Å²) in [7, 11) is 3.33. The fourth-order valence-corrected chi connectivity index (χ4v) is 11.8. The largest absolute Gasteiger partial charge is 0.508 e. The van der Waals surface area contributed by atoms with Crippen molar-refractivity contribution in [2.24, 2.45) is 5.92 Å². The number of aliphatic hydroxyl groups excluding tert-OH is 2. The van der Waals surface area contributed by atoms with Gasteiger partial charge in [-0.15, -0.1) is 0 Å². The first-order valence-electron chi connectivity index (χ1n) is 19.0. The summed E-state index contributed by atoms with van der Waals surface area (Å²) >= 11 is 0. The maximum absolute atomic E-state index is 14.6. The molecule has 0 unspecified atom stereocenters. The van der Waals surface area contributed by atoms with Crippen LogP contribution in [0.25, 0.3) is 44.2 Å². The third-order valence-electron chi connectivity index (χ3n) is 11.4. The minimum Gasteiger partial charge on any atom is -0.508 e. The predicted molar refractivity (Wildman–Crippen MR) is 221 cm³/mol. The molecule has 11 heteroatoms. The van der Waals surface area contributed by atoms with E-state index in [1.165, 1.54) is 6.07 Å². The van der Waals surface area contributed by atoms with Gasteiger partial charge in [0.25, 0.3) is 0 Å². The molecular weight excluding hydrogens is 749 g/mol. The summed E-state index contributed by atoms with van der Waals surface area (Å²) < 4.78 is 13.1. The average molecular weight is 791 g/mol. The Balaban J connectivity index is 1.29. The fourth-order valence-electron chi connectivity index (χ4n) is 8.93. The summed E-state index contributed by atoms with van der Waals surface area (Å²) in [6.07, 6.45) is -0.485. The van der Waals surface area contributed by atoms with Gasteiger partial charge in [0.2, 0.25) is 11.2 Å². The minimum absolute atomic E-state index is 0.00260. The lowest BCUT2D eigenvalue weighted by molar-refractivity contribution is 0.00976. The van der Waals surface area contributed by atoms with Crippen LogP contribution >= 0.6 is 21.6 Å². The van der Waals surface area contributed by atoms with Crippen molar-refractivity contribution in [2.75, 3.05) is 5.75 Å². The summed E-state index contributed by atoms with van der Waals surface area (Å²) in [4.78, 5) is 14.6. The quantitative estimate of drug-likeness (QED) is 0.0925. The lowest BCUT2D eigenvalue weighted by Crippen LogP contribution is -2.39. The summed E-state index contributed by atoms with van der Waals surface area (Å²) in [5, 5.41) is 70.7. The van der Waals surface area contributed by atoms with Crippen molar-refractivity contribution in [1.82, 2.24) is 0 Å². The first-order chi connectivity index (χ1) is 27.0. The summed E-state index contributed by atoms with van der Waals surface area (Å²) in [5.41, 5.74) is 4.05. The third-order valence-corrected chi connectivity index (χ3v) is 14.3. The predicted octanol–water partition coefficient (Wildman–Crippen LogP) is 9.08. The van der Waals surface area contributed by atoms with Gasteiger partial charge in [-0.3, -0.25) is 4.79 Å². The molecule has 5 aromatic carbocycles. The van der Waals surface area contributed by atoms with E-state index in [4.69, 9.17) is 9.15 Å². The van der Waals surface area contributed by atoms with Crippen molar-refractivity contribution < 1.29 is 39.8 Å². The highest BCUT2D eigenvalue weighted by Crippen LogP contribution is 2.58. The van der Waals surface area contributed by atoms with Crippen molar-refractivity contribution in [3.8, 4) is 51.2 Å². The van der Waals surface area contributed by atoms with Gasteiger partial charge < -0.3 is 39.8 Å². The zero-order valence-electron chi connectivity index (χ0n) is 30.9. The number of fused-ring (bicyclic) bond motifs is 7. The number of phenols is 3. The van der Waals surface area contributed by atoms with Crippen LogP contribution in [0.15, 0.2) is 82.0 Å². The van der Waals surface area contributed by atoms with Gasteiger partial charge in [-0.2, -0.15) is 0 Å². The maximum Gasteiger partial charge on any atom is 0.238 e. The van der Waals surface area contributed by atoms with Crippen LogP contribution in [0.5, 0.6) is 28.7 Å². The Morgan fingerprint density at radius 2 is 1.70 bits per heavy atom.